The Bertz CT molecular complexity index is 586. The van der Waals surface area contributed by atoms with Crippen molar-refractivity contribution in [1.29, 1.82) is 0 Å². The second-order valence-corrected chi connectivity index (χ2v) is 4.64. The molecule has 1 heterocycles. The second-order valence-electron chi connectivity index (χ2n) is 4.64. The van der Waals surface area contributed by atoms with Crippen LogP contribution in [0.25, 0.3) is 11.0 Å². The average Bonchev–Trinajstić information content (AvgIpc) is 2.48. The van der Waals surface area contributed by atoms with Crippen molar-refractivity contribution in [1.82, 2.24) is 9.97 Å². The molecule has 1 aromatic carbocycles. The highest BCUT2D eigenvalue weighted by atomic mass is 19.3. The van der Waals surface area contributed by atoms with Gasteiger partial charge in [-0.2, -0.15) is 8.78 Å². The van der Waals surface area contributed by atoms with E-state index in [1.54, 1.807) is 12.3 Å². The van der Waals surface area contributed by atoms with E-state index in [9.17, 15) is 8.78 Å². The first-order chi connectivity index (χ1) is 10.0. The molecule has 3 nitrogen and oxygen atoms in total. The number of halogens is 2. The normalized spacial score (nSPS) is 10.7. The summed E-state index contributed by atoms with van der Waals surface area (Å²) in [5.41, 5.74) is 2.63. The molecule has 0 unspecified atom stereocenters. The summed E-state index contributed by atoms with van der Waals surface area (Å²) < 4.78 is 29.5. The minimum absolute atomic E-state index is 0.0966. The number of hydrogen-bond donors (Lipinski definition) is 0. The number of aryl methyl sites for hydroxylation is 1. The first-order valence-electron chi connectivity index (χ1n) is 7.25. The van der Waals surface area contributed by atoms with Crippen LogP contribution in [0.5, 0.6) is 5.75 Å². The van der Waals surface area contributed by atoms with E-state index in [1.807, 2.05) is 40.7 Å². The third-order valence-corrected chi connectivity index (χ3v) is 2.91. The summed E-state index contributed by atoms with van der Waals surface area (Å²) in [5, 5.41) is 0. The van der Waals surface area contributed by atoms with Crippen molar-refractivity contribution >= 4 is 11.0 Å². The van der Waals surface area contributed by atoms with E-state index in [-0.39, 0.29) is 11.7 Å². The van der Waals surface area contributed by atoms with Gasteiger partial charge in [-0.15, -0.1) is 0 Å². The molecule has 116 valence electrons. The molecule has 0 bridgehead atoms. The fourth-order valence-electron chi connectivity index (χ4n) is 1.82. The zero-order valence-corrected chi connectivity index (χ0v) is 13.2. The lowest BCUT2D eigenvalue weighted by molar-refractivity contribution is -0.0489. The number of rotatable bonds is 4. The first kappa shape index (κ1) is 17.3. The fourth-order valence-corrected chi connectivity index (χ4v) is 1.82. The minimum Gasteiger partial charge on any atom is -0.432 e. The van der Waals surface area contributed by atoms with Crippen LogP contribution in [-0.4, -0.2) is 16.6 Å². The van der Waals surface area contributed by atoms with Crippen molar-refractivity contribution in [2.45, 2.75) is 53.6 Å². The topological polar surface area (TPSA) is 35.0 Å². The van der Waals surface area contributed by atoms with Crippen LogP contribution >= 0.6 is 0 Å². The number of aromatic nitrogens is 2. The van der Waals surface area contributed by atoms with Crippen LogP contribution in [0.3, 0.4) is 0 Å². The van der Waals surface area contributed by atoms with E-state index in [2.05, 4.69) is 14.7 Å². The molecule has 0 N–H and O–H groups in total. The second kappa shape index (κ2) is 7.86. The van der Waals surface area contributed by atoms with Crippen LogP contribution in [-0.2, 0) is 6.42 Å². The Morgan fingerprint density at radius 1 is 1.19 bits per heavy atom. The number of hydrogen-bond acceptors (Lipinski definition) is 3. The van der Waals surface area contributed by atoms with Crippen LogP contribution in [0.1, 0.15) is 51.8 Å². The number of nitrogens with zero attached hydrogens (tertiary/aromatic N) is 2. The van der Waals surface area contributed by atoms with E-state index >= 15 is 0 Å². The molecule has 0 aliphatic heterocycles. The maximum Gasteiger partial charge on any atom is 0.387 e. The average molecular weight is 296 g/mol. The Morgan fingerprint density at radius 3 is 2.38 bits per heavy atom. The standard InChI is InChI=1S/C14H16F2N2O.C2H6/c1-4-9-5-10-13(12(6-9)19-14(15)16)18-11(7-17-10)8(2)3;1-2/h5-8,14H,4H2,1-3H3;1-2H3. The van der Waals surface area contributed by atoms with Crippen LogP contribution in [0.15, 0.2) is 18.3 Å². The van der Waals surface area contributed by atoms with Crippen molar-refractivity contribution in [3.8, 4) is 5.75 Å². The van der Waals surface area contributed by atoms with Crippen molar-refractivity contribution in [3.63, 3.8) is 0 Å². The predicted molar refractivity (Wildman–Crippen MR) is 81.0 cm³/mol. The number of fused-ring (bicyclic) bond motifs is 1. The van der Waals surface area contributed by atoms with Crippen molar-refractivity contribution in [3.05, 3.63) is 29.6 Å². The molecule has 0 aliphatic carbocycles. The van der Waals surface area contributed by atoms with Gasteiger partial charge in [-0.25, -0.2) is 4.98 Å². The molecule has 0 amide bonds. The quantitative estimate of drug-likeness (QED) is 0.801. The number of alkyl halides is 2. The van der Waals surface area contributed by atoms with Gasteiger partial charge in [-0.05, 0) is 30.0 Å². The van der Waals surface area contributed by atoms with Gasteiger partial charge in [-0.3, -0.25) is 4.98 Å². The molecular weight excluding hydrogens is 274 g/mol. The molecular formula is C16H22F2N2O. The SMILES string of the molecule is CC.CCc1cc(OC(F)F)c2nc(C(C)C)cnc2c1. The maximum absolute atomic E-state index is 12.5. The monoisotopic (exact) mass is 296 g/mol. The van der Waals surface area contributed by atoms with Gasteiger partial charge in [0.25, 0.3) is 0 Å². The summed E-state index contributed by atoms with van der Waals surface area (Å²) in [6.07, 6.45) is 2.40. The summed E-state index contributed by atoms with van der Waals surface area (Å²) in [5.74, 6) is 0.279. The van der Waals surface area contributed by atoms with E-state index < -0.39 is 6.61 Å². The van der Waals surface area contributed by atoms with E-state index in [1.165, 1.54) is 0 Å². The third kappa shape index (κ3) is 4.34. The smallest absolute Gasteiger partial charge is 0.387 e. The van der Waals surface area contributed by atoms with Crippen molar-refractivity contribution in [2.24, 2.45) is 0 Å². The van der Waals surface area contributed by atoms with E-state index in [0.29, 0.717) is 11.0 Å². The molecule has 21 heavy (non-hydrogen) atoms. The maximum atomic E-state index is 12.5. The summed E-state index contributed by atoms with van der Waals surface area (Å²) in [6.45, 7) is 7.04. The zero-order chi connectivity index (χ0) is 16.0. The fraction of sp³-hybridized carbons (Fsp3) is 0.500. The predicted octanol–water partition coefficient (Wildman–Crippen LogP) is 4.94. The highest BCUT2D eigenvalue weighted by Crippen LogP contribution is 2.28. The third-order valence-electron chi connectivity index (χ3n) is 2.91. The lowest BCUT2D eigenvalue weighted by Crippen LogP contribution is -2.05. The van der Waals surface area contributed by atoms with Crippen molar-refractivity contribution < 1.29 is 13.5 Å². The van der Waals surface area contributed by atoms with Crippen LogP contribution in [0.2, 0.25) is 0 Å². The van der Waals surface area contributed by atoms with E-state index in [0.717, 1.165) is 17.7 Å². The molecule has 0 spiro atoms. The number of benzene rings is 1. The van der Waals surface area contributed by atoms with Gasteiger partial charge in [0, 0.05) is 6.20 Å². The molecule has 0 radical (unpaired) electrons. The Morgan fingerprint density at radius 2 is 1.86 bits per heavy atom. The van der Waals surface area contributed by atoms with Gasteiger partial charge in [0.2, 0.25) is 0 Å². The van der Waals surface area contributed by atoms with Crippen molar-refractivity contribution in [2.75, 3.05) is 0 Å². The number of ether oxygens (including phenoxy) is 1. The van der Waals surface area contributed by atoms with Gasteiger partial charge < -0.3 is 4.74 Å². The molecule has 2 rings (SSSR count). The molecule has 0 aliphatic rings. The highest BCUT2D eigenvalue weighted by molar-refractivity contribution is 5.82. The highest BCUT2D eigenvalue weighted by Gasteiger charge is 2.13. The van der Waals surface area contributed by atoms with Gasteiger partial charge in [0.05, 0.1) is 11.2 Å². The first-order valence-corrected chi connectivity index (χ1v) is 7.25. The summed E-state index contributed by atoms with van der Waals surface area (Å²) in [4.78, 5) is 8.67. The van der Waals surface area contributed by atoms with Crippen LogP contribution in [0.4, 0.5) is 8.78 Å². The Hall–Kier alpha value is -1.78. The molecule has 0 atom stereocenters. The Balaban J connectivity index is 0.00000106. The minimum atomic E-state index is -2.86. The summed E-state index contributed by atoms with van der Waals surface area (Å²) >= 11 is 0. The molecule has 0 saturated heterocycles. The largest absolute Gasteiger partial charge is 0.432 e. The Kier molecular flexibility index (Phi) is 6.46. The molecule has 1 aromatic heterocycles. The van der Waals surface area contributed by atoms with Crippen LogP contribution < -0.4 is 4.74 Å². The lowest BCUT2D eigenvalue weighted by Gasteiger charge is -2.11. The molecule has 5 heteroatoms. The zero-order valence-electron chi connectivity index (χ0n) is 13.2. The van der Waals surface area contributed by atoms with Gasteiger partial charge >= 0.3 is 6.61 Å². The molecule has 2 aromatic rings. The Labute approximate surface area is 124 Å². The summed E-state index contributed by atoms with van der Waals surface area (Å²) in [7, 11) is 0. The van der Waals surface area contributed by atoms with Crippen LogP contribution in [0, 0.1) is 0 Å². The van der Waals surface area contributed by atoms with Gasteiger partial charge in [-0.1, -0.05) is 34.6 Å². The molecule has 0 fully saturated rings. The lowest BCUT2D eigenvalue weighted by atomic mass is 10.1. The van der Waals surface area contributed by atoms with Gasteiger partial charge in [0.15, 0.2) is 5.75 Å². The molecule has 0 saturated carbocycles. The van der Waals surface area contributed by atoms with E-state index in [4.69, 9.17) is 0 Å². The summed E-state index contributed by atoms with van der Waals surface area (Å²) in [6, 6.07) is 3.46. The van der Waals surface area contributed by atoms with Gasteiger partial charge in [0.1, 0.15) is 5.52 Å².